The van der Waals surface area contributed by atoms with E-state index in [4.69, 9.17) is 0 Å². The molecule has 1 saturated carbocycles. The highest BCUT2D eigenvalue weighted by atomic mass is 79.9. The third kappa shape index (κ3) is 4.08. The summed E-state index contributed by atoms with van der Waals surface area (Å²) in [6.45, 7) is 6.54. The highest BCUT2D eigenvalue weighted by Gasteiger charge is 2.25. The minimum Gasteiger partial charge on any atom is -0.309 e. The predicted molar refractivity (Wildman–Crippen MR) is 87.8 cm³/mol. The van der Waals surface area contributed by atoms with Gasteiger partial charge in [0.25, 0.3) is 0 Å². The quantitative estimate of drug-likeness (QED) is 0.744. The predicted octanol–water partition coefficient (Wildman–Crippen LogP) is 4.68. The van der Waals surface area contributed by atoms with Gasteiger partial charge in [-0.3, -0.25) is 4.68 Å². The van der Waals surface area contributed by atoms with Gasteiger partial charge in [0, 0.05) is 6.54 Å². The molecule has 0 saturated heterocycles. The lowest BCUT2D eigenvalue weighted by Gasteiger charge is -2.23. The van der Waals surface area contributed by atoms with Crippen molar-refractivity contribution < 1.29 is 0 Å². The zero-order valence-corrected chi connectivity index (χ0v) is 14.5. The second-order valence-electron chi connectivity index (χ2n) is 5.99. The Kier molecular flexibility index (Phi) is 6.56. The van der Waals surface area contributed by atoms with Gasteiger partial charge in [-0.1, -0.05) is 39.5 Å². The molecule has 0 radical (unpaired) electrons. The first-order valence-corrected chi connectivity index (χ1v) is 9.00. The second-order valence-corrected chi connectivity index (χ2v) is 6.85. The van der Waals surface area contributed by atoms with Crippen molar-refractivity contribution >= 4 is 15.9 Å². The average Bonchev–Trinajstić information content (AvgIpc) is 3.06. The Labute approximate surface area is 131 Å². The van der Waals surface area contributed by atoms with E-state index in [2.05, 4.69) is 44.9 Å². The summed E-state index contributed by atoms with van der Waals surface area (Å²) in [6.07, 6.45) is 11.2. The van der Waals surface area contributed by atoms with Crippen molar-refractivity contribution in [2.24, 2.45) is 5.92 Å². The van der Waals surface area contributed by atoms with Crippen LogP contribution in [0.15, 0.2) is 10.7 Å². The molecule has 1 fully saturated rings. The molecule has 0 aliphatic heterocycles. The normalized spacial score (nSPS) is 17.8. The van der Waals surface area contributed by atoms with Gasteiger partial charge in [-0.15, -0.1) is 0 Å². The Morgan fingerprint density at radius 2 is 2.10 bits per heavy atom. The molecule has 0 bridgehead atoms. The monoisotopic (exact) mass is 341 g/mol. The summed E-state index contributed by atoms with van der Waals surface area (Å²) in [5, 5.41) is 8.29. The Morgan fingerprint density at radius 3 is 2.75 bits per heavy atom. The van der Waals surface area contributed by atoms with E-state index in [-0.39, 0.29) is 0 Å². The number of rotatable bonds is 8. The summed E-state index contributed by atoms with van der Waals surface area (Å²) in [5.74, 6) is 0.890. The maximum atomic E-state index is 4.54. The molecule has 0 spiro atoms. The fraction of sp³-hybridized carbons (Fsp3) is 0.812. The second kappa shape index (κ2) is 8.18. The third-order valence-corrected chi connectivity index (χ3v) is 4.89. The highest BCUT2D eigenvalue weighted by molar-refractivity contribution is 9.10. The largest absolute Gasteiger partial charge is 0.309 e. The van der Waals surface area contributed by atoms with Crippen LogP contribution in [0.3, 0.4) is 0 Å². The smallest absolute Gasteiger partial charge is 0.0695 e. The number of nitrogens with one attached hydrogen (secondary N) is 1. The van der Waals surface area contributed by atoms with Gasteiger partial charge in [-0.2, -0.15) is 5.10 Å². The molecule has 20 heavy (non-hydrogen) atoms. The SMILES string of the molecule is CCCNC(CC1CCCC1)c1c(Br)cnn1CCC. The summed E-state index contributed by atoms with van der Waals surface area (Å²) < 4.78 is 3.35. The number of nitrogens with zero attached hydrogens (tertiary/aromatic N) is 2. The zero-order chi connectivity index (χ0) is 14.4. The summed E-state index contributed by atoms with van der Waals surface area (Å²) >= 11 is 3.71. The molecule has 4 heteroatoms. The van der Waals surface area contributed by atoms with Crippen molar-refractivity contribution in [1.29, 1.82) is 0 Å². The minimum atomic E-state index is 0.446. The van der Waals surface area contributed by atoms with E-state index in [1.165, 1.54) is 44.2 Å². The fourth-order valence-electron chi connectivity index (χ4n) is 3.30. The van der Waals surface area contributed by atoms with Gasteiger partial charge >= 0.3 is 0 Å². The molecule has 1 atom stereocenters. The zero-order valence-electron chi connectivity index (χ0n) is 12.9. The van der Waals surface area contributed by atoms with E-state index in [0.29, 0.717) is 6.04 Å². The molecule has 1 N–H and O–H groups in total. The van der Waals surface area contributed by atoms with Crippen LogP contribution in [0.5, 0.6) is 0 Å². The van der Waals surface area contributed by atoms with Gasteiger partial charge in [-0.05, 0) is 47.7 Å². The molecule has 1 aromatic rings. The maximum absolute atomic E-state index is 4.54. The minimum absolute atomic E-state index is 0.446. The molecule has 1 aliphatic carbocycles. The molecule has 1 heterocycles. The lowest BCUT2D eigenvalue weighted by Crippen LogP contribution is -2.27. The number of aromatic nitrogens is 2. The average molecular weight is 342 g/mol. The Morgan fingerprint density at radius 1 is 1.35 bits per heavy atom. The third-order valence-electron chi connectivity index (χ3n) is 4.28. The van der Waals surface area contributed by atoms with Crippen LogP contribution in [0, 0.1) is 5.92 Å². The first-order chi connectivity index (χ1) is 9.76. The Bertz CT molecular complexity index is 396. The standard InChI is InChI=1S/C16H28BrN3/c1-3-9-18-15(11-13-7-5-6-8-13)16-14(17)12-19-20(16)10-4-2/h12-13,15,18H,3-11H2,1-2H3. The van der Waals surface area contributed by atoms with Crippen LogP contribution < -0.4 is 5.32 Å². The van der Waals surface area contributed by atoms with Gasteiger partial charge in [0.15, 0.2) is 0 Å². The van der Waals surface area contributed by atoms with Crippen LogP contribution in [-0.4, -0.2) is 16.3 Å². The summed E-state index contributed by atoms with van der Waals surface area (Å²) in [7, 11) is 0. The van der Waals surface area contributed by atoms with Crippen LogP contribution in [0.1, 0.15) is 70.5 Å². The van der Waals surface area contributed by atoms with Gasteiger partial charge in [0.1, 0.15) is 0 Å². The van der Waals surface area contributed by atoms with Crippen molar-refractivity contribution in [1.82, 2.24) is 15.1 Å². The first-order valence-electron chi connectivity index (χ1n) is 8.20. The van der Waals surface area contributed by atoms with Gasteiger partial charge in [-0.25, -0.2) is 0 Å². The molecular weight excluding hydrogens is 314 g/mol. The molecule has 114 valence electrons. The number of halogens is 1. The van der Waals surface area contributed by atoms with E-state index >= 15 is 0 Å². The van der Waals surface area contributed by atoms with E-state index < -0.39 is 0 Å². The molecule has 0 amide bonds. The van der Waals surface area contributed by atoms with Crippen LogP contribution in [0.4, 0.5) is 0 Å². The van der Waals surface area contributed by atoms with E-state index in [1.807, 2.05) is 6.20 Å². The van der Waals surface area contributed by atoms with Crippen LogP contribution in [0.2, 0.25) is 0 Å². The van der Waals surface area contributed by atoms with Crippen LogP contribution in [0.25, 0.3) is 0 Å². The van der Waals surface area contributed by atoms with Crippen molar-refractivity contribution in [3.05, 3.63) is 16.4 Å². The Hall–Kier alpha value is -0.350. The van der Waals surface area contributed by atoms with Gasteiger partial charge in [0.05, 0.1) is 22.4 Å². The van der Waals surface area contributed by atoms with Gasteiger partial charge < -0.3 is 5.32 Å². The molecule has 1 aromatic heterocycles. The van der Waals surface area contributed by atoms with Crippen molar-refractivity contribution in [3.8, 4) is 0 Å². The van der Waals surface area contributed by atoms with E-state index in [1.54, 1.807) is 0 Å². The van der Waals surface area contributed by atoms with Crippen LogP contribution >= 0.6 is 15.9 Å². The molecule has 0 aromatic carbocycles. The number of hydrogen-bond acceptors (Lipinski definition) is 2. The maximum Gasteiger partial charge on any atom is 0.0695 e. The summed E-state index contributed by atoms with van der Waals surface area (Å²) in [5.41, 5.74) is 1.35. The molecule has 1 aliphatic rings. The van der Waals surface area contributed by atoms with Crippen molar-refractivity contribution in [3.63, 3.8) is 0 Å². The lowest BCUT2D eigenvalue weighted by molar-refractivity contribution is 0.372. The highest BCUT2D eigenvalue weighted by Crippen LogP contribution is 2.35. The Balaban J connectivity index is 2.13. The van der Waals surface area contributed by atoms with Crippen molar-refractivity contribution in [2.75, 3.05) is 6.54 Å². The molecular formula is C16H28BrN3. The topological polar surface area (TPSA) is 29.9 Å². The van der Waals surface area contributed by atoms with Gasteiger partial charge in [0.2, 0.25) is 0 Å². The summed E-state index contributed by atoms with van der Waals surface area (Å²) in [4.78, 5) is 0. The van der Waals surface area contributed by atoms with Crippen LogP contribution in [-0.2, 0) is 6.54 Å². The first kappa shape index (κ1) is 16.0. The van der Waals surface area contributed by atoms with E-state index in [0.717, 1.165) is 29.9 Å². The molecule has 3 nitrogen and oxygen atoms in total. The summed E-state index contributed by atoms with van der Waals surface area (Å²) in [6, 6.07) is 0.446. The lowest BCUT2D eigenvalue weighted by atomic mass is 9.96. The fourth-order valence-corrected chi connectivity index (χ4v) is 3.87. The number of aryl methyl sites for hydroxylation is 1. The van der Waals surface area contributed by atoms with E-state index in [9.17, 15) is 0 Å². The van der Waals surface area contributed by atoms with Crippen molar-refractivity contribution in [2.45, 2.75) is 71.4 Å². The number of hydrogen-bond donors (Lipinski definition) is 1. The molecule has 1 unspecified atom stereocenters. The molecule has 2 rings (SSSR count).